The van der Waals surface area contributed by atoms with E-state index in [1.54, 1.807) is 0 Å². The van der Waals surface area contributed by atoms with Gasteiger partial charge >= 0.3 is 0 Å². The molecule has 0 aromatic heterocycles. The molecule has 3 heteroatoms. The first-order chi connectivity index (χ1) is 6.61. The van der Waals surface area contributed by atoms with Gasteiger partial charge in [0.25, 0.3) is 0 Å². The first-order valence-corrected chi connectivity index (χ1v) is 4.85. The Hall–Kier alpha value is -1.38. The fourth-order valence-electron chi connectivity index (χ4n) is 1.77. The Bertz CT molecular complexity index is 374. The normalized spacial score (nSPS) is 14.9. The van der Waals surface area contributed by atoms with E-state index in [2.05, 4.69) is 18.9 Å². The fourth-order valence-corrected chi connectivity index (χ4v) is 1.77. The van der Waals surface area contributed by atoms with E-state index in [4.69, 9.17) is 10.5 Å². The molecule has 1 aliphatic rings. The number of hydrogen-bond acceptors (Lipinski definition) is 3. The summed E-state index contributed by atoms with van der Waals surface area (Å²) in [6, 6.07) is 2.00. The van der Waals surface area contributed by atoms with Crippen LogP contribution in [0.5, 0.6) is 5.75 Å². The first-order valence-electron chi connectivity index (χ1n) is 4.85. The number of anilines is 2. The molecule has 3 nitrogen and oxygen atoms in total. The maximum Gasteiger partial charge on any atom is 0.145 e. The molecular weight excluding hydrogens is 176 g/mol. The SMILES string of the molecule is Cc1c(N)cc2c(c1C)OCCN2C. The molecule has 1 heterocycles. The maximum atomic E-state index is 5.92. The predicted octanol–water partition coefficient (Wildman–Crippen LogP) is 1.71. The highest BCUT2D eigenvalue weighted by Crippen LogP contribution is 2.38. The van der Waals surface area contributed by atoms with Crippen LogP contribution in [0.3, 0.4) is 0 Å². The van der Waals surface area contributed by atoms with Gasteiger partial charge in [-0.2, -0.15) is 0 Å². The summed E-state index contributed by atoms with van der Waals surface area (Å²) in [6.45, 7) is 5.77. The molecule has 2 N–H and O–H groups in total. The summed E-state index contributed by atoms with van der Waals surface area (Å²) in [5.74, 6) is 0.991. The van der Waals surface area contributed by atoms with Gasteiger partial charge < -0.3 is 15.4 Å². The number of benzene rings is 1. The van der Waals surface area contributed by atoms with Crippen molar-refractivity contribution >= 4 is 11.4 Å². The predicted molar refractivity (Wildman–Crippen MR) is 59.1 cm³/mol. The number of nitrogens with two attached hydrogens (primary N) is 1. The lowest BCUT2D eigenvalue weighted by Gasteiger charge is -2.30. The molecule has 0 fully saturated rings. The lowest BCUT2D eigenvalue weighted by Crippen LogP contribution is -2.29. The highest BCUT2D eigenvalue weighted by Gasteiger charge is 2.19. The van der Waals surface area contributed by atoms with Crippen LogP contribution < -0.4 is 15.4 Å². The smallest absolute Gasteiger partial charge is 0.145 e. The molecule has 0 saturated carbocycles. The Labute approximate surface area is 84.5 Å². The molecule has 1 aromatic rings. The van der Waals surface area contributed by atoms with Gasteiger partial charge in [-0.05, 0) is 31.0 Å². The average molecular weight is 192 g/mol. The Morgan fingerprint density at radius 2 is 2.07 bits per heavy atom. The number of likely N-dealkylation sites (N-methyl/N-ethyl adjacent to an activating group) is 1. The summed E-state index contributed by atoms with van der Waals surface area (Å²) in [7, 11) is 2.07. The van der Waals surface area contributed by atoms with Crippen LogP contribution in [0.15, 0.2) is 6.07 Å². The Kier molecular flexibility index (Phi) is 2.02. The molecule has 1 aliphatic heterocycles. The third-order valence-corrected chi connectivity index (χ3v) is 2.95. The second-order valence-corrected chi connectivity index (χ2v) is 3.83. The summed E-state index contributed by atoms with van der Waals surface area (Å²) in [5.41, 5.74) is 10.2. The zero-order chi connectivity index (χ0) is 10.3. The molecule has 0 saturated heterocycles. The van der Waals surface area contributed by atoms with E-state index in [-0.39, 0.29) is 0 Å². The van der Waals surface area contributed by atoms with Crippen LogP contribution in [-0.2, 0) is 0 Å². The van der Waals surface area contributed by atoms with Crippen molar-refractivity contribution in [3.05, 3.63) is 17.2 Å². The van der Waals surface area contributed by atoms with E-state index in [1.165, 1.54) is 0 Å². The Balaban J connectivity index is 2.63. The molecule has 0 radical (unpaired) electrons. The number of ether oxygens (including phenoxy) is 1. The molecule has 76 valence electrons. The third-order valence-electron chi connectivity index (χ3n) is 2.95. The van der Waals surface area contributed by atoms with Crippen LogP contribution in [0, 0.1) is 13.8 Å². The largest absolute Gasteiger partial charge is 0.489 e. The summed E-state index contributed by atoms with van der Waals surface area (Å²) in [6.07, 6.45) is 0. The number of nitrogen functional groups attached to an aromatic ring is 1. The molecule has 2 rings (SSSR count). The van der Waals surface area contributed by atoms with Crippen LogP contribution in [0.25, 0.3) is 0 Å². The second-order valence-electron chi connectivity index (χ2n) is 3.83. The van der Waals surface area contributed by atoms with Gasteiger partial charge in [0.05, 0.1) is 12.2 Å². The molecule has 0 bridgehead atoms. The summed E-state index contributed by atoms with van der Waals surface area (Å²) in [4.78, 5) is 2.18. The van der Waals surface area contributed by atoms with Gasteiger partial charge in [-0.3, -0.25) is 0 Å². The number of nitrogens with zero attached hydrogens (tertiary/aromatic N) is 1. The number of fused-ring (bicyclic) bond motifs is 1. The topological polar surface area (TPSA) is 38.5 Å². The average Bonchev–Trinajstić information content (AvgIpc) is 2.17. The van der Waals surface area contributed by atoms with Gasteiger partial charge in [-0.25, -0.2) is 0 Å². The molecule has 0 unspecified atom stereocenters. The molecule has 14 heavy (non-hydrogen) atoms. The van der Waals surface area contributed by atoms with Crippen molar-refractivity contribution < 1.29 is 4.74 Å². The van der Waals surface area contributed by atoms with E-state index < -0.39 is 0 Å². The van der Waals surface area contributed by atoms with Crippen LogP contribution in [0.1, 0.15) is 11.1 Å². The zero-order valence-electron chi connectivity index (χ0n) is 8.92. The minimum absolute atomic E-state index is 0.758. The van der Waals surface area contributed by atoms with Crippen molar-refractivity contribution in [1.82, 2.24) is 0 Å². The second kappa shape index (κ2) is 3.08. The monoisotopic (exact) mass is 192 g/mol. The third kappa shape index (κ3) is 1.20. The number of rotatable bonds is 0. The first kappa shape index (κ1) is 9.19. The van der Waals surface area contributed by atoms with Crippen molar-refractivity contribution in [2.75, 3.05) is 30.8 Å². The highest BCUT2D eigenvalue weighted by atomic mass is 16.5. The Morgan fingerprint density at radius 1 is 1.36 bits per heavy atom. The van der Waals surface area contributed by atoms with Gasteiger partial charge in [-0.15, -0.1) is 0 Å². The minimum Gasteiger partial charge on any atom is -0.489 e. The van der Waals surface area contributed by atoms with Crippen molar-refractivity contribution in [3.8, 4) is 5.75 Å². The molecule has 0 spiro atoms. The maximum absolute atomic E-state index is 5.92. The molecule has 0 amide bonds. The van der Waals surface area contributed by atoms with Crippen LogP contribution in [-0.4, -0.2) is 20.2 Å². The molecule has 0 atom stereocenters. The fraction of sp³-hybridized carbons (Fsp3) is 0.455. The van der Waals surface area contributed by atoms with Gasteiger partial charge in [0.2, 0.25) is 0 Å². The van der Waals surface area contributed by atoms with Gasteiger partial charge in [0.1, 0.15) is 12.4 Å². The van der Waals surface area contributed by atoms with E-state index in [0.717, 1.165) is 41.4 Å². The van der Waals surface area contributed by atoms with Gasteiger partial charge in [-0.1, -0.05) is 0 Å². The van der Waals surface area contributed by atoms with Crippen molar-refractivity contribution in [2.24, 2.45) is 0 Å². The van der Waals surface area contributed by atoms with E-state index >= 15 is 0 Å². The lowest BCUT2D eigenvalue weighted by molar-refractivity contribution is 0.309. The molecular formula is C11H16N2O. The van der Waals surface area contributed by atoms with Gasteiger partial charge in [0.15, 0.2) is 0 Å². The van der Waals surface area contributed by atoms with Gasteiger partial charge in [0, 0.05) is 12.7 Å². The Morgan fingerprint density at radius 3 is 2.79 bits per heavy atom. The summed E-state index contributed by atoms with van der Waals surface area (Å²) >= 11 is 0. The molecule has 1 aromatic carbocycles. The van der Waals surface area contributed by atoms with E-state index in [1.807, 2.05) is 13.0 Å². The van der Waals surface area contributed by atoms with Crippen molar-refractivity contribution in [1.29, 1.82) is 0 Å². The van der Waals surface area contributed by atoms with Crippen LogP contribution in [0.2, 0.25) is 0 Å². The van der Waals surface area contributed by atoms with Crippen LogP contribution >= 0.6 is 0 Å². The zero-order valence-corrected chi connectivity index (χ0v) is 8.92. The van der Waals surface area contributed by atoms with Crippen molar-refractivity contribution in [2.45, 2.75) is 13.8 Å². The van der Waals surface area contributed by atoms with E-state index in [9.17, 15) is 0 Å². The van der Waals surface area contributed by atoms with E-state index in [0.29, 0.717) is 0 Å². The molecule has 0 aliphatic carbocycles. The summed E-state index contributed by atoms with van der Waals surface area (Å²) in [5, 5.41) is 0. The van der Waals surface area contributed by atoms with Crippen molar-refractivity contribution in [3.63, 3.8) is 0 Å². The lowest BCUT2D eigenvalue weighted by atomic mass is 10.0. The quantitative estimate of drug-likeness (QED) is 0.636. The minimum atomic E-state index is 0.758. The van der Waals surface area contributed by atoms with Crippen LogP contribution in [0.4, 0.5) is 11.4 Å². The standard InChI is InChI=1S/C11H16N2O/c1-7-8(2)11-10(6-9(7)12)13(3)4-5-14-11/h6H,4-5,12H2,1-3H3. The summed E-state index contributed by atoms with van der Waals surface area (Å²) < 4.78 is 5.66. The number of hydrogen-bond donors (Lipinski definition) is 1. The highest BCUT2D eigenvalue weighted by molar-refractivity contribution is 5.72.